The third kappa shape index (κ3) is 6.32. The quantitative estimate of drug-likeness (QED) is 0.348. The lowest BCUT2D eigenvalue weighted by molar-refractivity contribution is -0.153. The summed E-state index contributed by atoms with van der Waals surface area (Å²) in [5.41, 5.74) is -0.329. The molecule has 0 bridgehead atoms. The fraction of sp³-hybridized carbons (Fsp3) is 0.769. The van der Waals surface area contributed by atoms with E-state index in [0.717, 1.165) is 25.7 Å². The highest BCUT2D eigenvalue weighted by atomic mass is 16.5. The Hall–Kier alpha value is -0.790. The van der Waals surface area contributed by atoms with Crippen LogP contribution in [0.15, 0.2) is 12.7 Å². The standard InChI is InChI=1S/C13H24O2/c1-5-7-8-9-10-11-13(3,4)12(14)15-6-2/h5H,1,6-11H2,2-4H3. The first kappa shape index (κ1) is 14.2. The van der Waals surface area contributed by atoms with E-state index in [4.69, 9.17) is 4.74 Å². The van der Waals surface area contributed by atoms with Gasteiger partial charge in [0.1, 0.15) is 0 Å². The van der Waals surface area contributed by atoms with Crippen LogP contribution in [0.1, 0.15) is 52.9 Å². The average Bonchev–Trinajstić information content (AvgIpc) is 2.18. The zero-order valence-electron chi connectivity index (χ0n) is 10.3. The van der Waals surface area contributed by atoms with E-state index in [1.165, 1.54) is 6.42 Å². The number of ether oxygens (including phenoxy) is 1. The molecule has 15 heavy (non-hydrogen) atoms. The highest BCUT2D eigenvalue weighted by Crippen LogP contribution is 2.25. The Labute approximate surface area is 93.7 Å². The molecule has 88 valence electrons. The number of allylic oxidation sites excluding steroid dienone is 1. The minimum atomic E-state index is -0.329. The van der Waals surface area contributed by atoms with E-state index < -0.39 is 0 Å². The van der Waals surface area contributed by atoms with Crippen molar-refractivity contribution >= 4 is 5.97 Å². The van der Waals surface area contributed by atoms with E-state index in [1.807, 2.05) is 26.8 Å². The van der Waals surface area contributed by atoms with Gasteiger partial charge in [0.15, 0.2) is 0 Å². The van der Waals surface area contributed by atoms with Gasteiger partial charge in [-0.15, -0.1) is 6.58 Å². The lowest BCUT2D eigenvalue weighted by Gasteiger charge is -2.21. The molecule has 0 saturated heterocycles. The van der Waals surface area contributed by atoms with Crippen LogP contribution in [0, 0.1) is 5.41 Å². The van der Waals surface area contributed by atoms with Gasteiger partial charge in [-0.3, -0.25) is 4.79 Å². The minimum absolute atomic E-state index is 0.0753. The number of unbranched alkanes of at least 4 members (excludes halogenated alkanes) is 3. The van der Waals surface area contributed by atoms with Crippen LogP contribution < -0.4 is 0 Å². The Bertz CT molecular complexity index is 195. The minimum Gasteiger partial charge on any atom is -0.466 e. The molecule has 0 aromatic heterocycles. The highest BCUT2D eigenvalue weighted by Gasteiger charge is 2.28. The molecule has 0 spiro atoms. The molecule has 0 aliphatic rings. The number of rotatable bonds is 8. The Kier molecular flexibility index (Phi) is 7.10. The number of carbonyl (C=O) groups excluding carboxylic acids is 1. The Morgan fingerprint density at radius 3 is 2.53 bits per heavy atom. The monoisotopic (exact) mass is 212 g/mol. The third-order valence-electron chi connectivity index (χ3n) is 2.54. The summed E-state index contributed by atoms with van der Waals surface area (Å²) in [5.74, 6) is -0.0753. The Morgan fingerprint density at radius 2 is 2.00 bits per heavy atom. The molecule has 0 aliphatic carbocycles. The van der Waals surface area contributed by atoms with Crippen molar-refractivity contribution in [2.45, 2.75) is 52.9 Å². The molecule has 0 unspecified atom stereocenters. The molecule has 0 saturated carbocycles. The molecule has 0 aromatic carbocycles. The van der Waals surface area contributed by atoms with E-state index >= 15 is 0 Å². The first-order valence-corrected chi connectivity index (χ1v) is 5.82. The van der Waals surface area contributed by atoms with Crippen LogP contribution in [0.3, 0.4) is 0 Å². The summed E-state index contributed by atoms with van der Waals surface area (Å²) in [7, 11) is 0. The van der Waals surface area contributed by atoms with Crippen LogP contribution in [0.25, 0.3) is 0 Å². The van der Waals surface area contributed by atoms with Crippen molar-refractivity contribution in [1.29, 1.82) is 0 Å². The summed E-state index contributed by atoms with van der Waals surface area (Å²) in [5, 5.41) is 0. The van der Waals surface area contributed by atoms with E-state index in [-0.39, 0.29) is 11.4 Å². The van der Waals surface area contributed by atoms with Gasteiger partial charge >= 0.3 is 5.97 Å². The second kappa shape index (κ2) is 7.49. The molecular formula is C13H24O2. The molecular weight excluding hydrogens is 188 g/mol. The van der Waals surface area contributed by atoms with Crippen molar-refractivity contribution in [3.63, 3.8) is 0 Å². The summed E-state index contributed by atoms with van der Waals surface area (Å²) < 4.78 is 5.03. The smallest absolute Gasteiger partial charge is 0.311 e. The van der Waals surface area contributed by atoms with E-state index in [2.05, 4.69) is 6.58 Å². The normalized spacial score (nSPS) is 11.1. The third-order valence-corrected chi connectivity index (χ3v) is 2.54. The van der Waals surface area contributed by atoms with Gasteiger partial charge < -0.3 is 4.74 Å². The number of esters is 1. The topological polar surface area (TPSA) is 26.3 Å². The van der Waals surface area contributed by atoms with Gasteiger partial charge in [0.25, 0.3) is 0 Å². The Morgan fingerprint density at radius 1 is 1.33 bits per heavy atom. The zero-order chi connectivity index (χ0) is 11.7. The van der Waals surface area contributed by atoms with Crippen molar-refractivity contribution in [3.05, 3.63) is 12.7 Å². The highest BCUT2D eigenvalue weighted by molar-refractivity contribution is 5.75. The second-order valence-corrected chi connectivity index (χ2v) is 4.49. The van der Waals surface area contributed by atoms with Crippen molar-refractivity contribution in [2.24, 2.45) is 5.41 Å². The maximum atomic E-state index is 11.5. The van der Waals surface area contributed by atoms with Gasteiger partial charge in [-0.2, -0.15) is 0 Å². The summed E-state index contributed by atoms with van der Waals surface area (Å²) in [6.07, 6.45) is 7.33. The molecule has 0 fully saturated rings. The molecule has 0 rings (SSSR count). The predicted molar refractivity (Wildman–Crippen MR) is 63.7 cm³/mol. The molecule has 2 heteroatoms. The van der Waals surface area contributed by atoms with Gasteiger partial charge in [0.2, 0.25) is 0 Å². The van der Waals surface area contributed by atoms with Crippen LogP contribution in [-0.4, -0.2) is 12.6 Å². The molecule has 2 nitrogen and oxygen atoms in total. The van der Waals surface area contributed by atoms with Crippen molar-refractivity contribution in [1.82, 2.24) is 0 Å². The van der Waals surface area contributed by atoms with Crippen LogP contribution in [0.2, 0.25) is 0 Å². The maximum Gasteiger partial charge on any atom is 0.311 e. The molecule has 0 aliphatic heterocycles. The van der Waals surface area contributed by atoms with Gasteiger partial charge in [-0.1, -0.05) is 18.9 Å². The largest absolute Gasteiger partial charge is 0.466 e. The molecule has 0 heterocycles. The van der Waals surface area contributed by atoms with Crippen molar-refractivity contribution in [3.8, 4) is 0 Å². The van der Waals surface area contributed by atoms with Gasteiger partial charge in [-0.25, -0.2) is 0 Å². The summed E-state index contributed by atoms with van der Waals surface area (Å²) in [6, 6.07) is 0. The second-order valence-electron chi connectivity index (χ2n) is 4.49. The summed E-state index contributed by atoms with van der Waals surface area (Å²) in [6.45, 7) is 9.92. The molecule has 0 radical (unpaired) electrons. The van der Waals surface area contributed by atoms with E-state index in [1.54, 1.807) is 0 Å². The van der Waals surface area contributed by atoms with Crippen LogP contribution >= 0.6 is 0 Å². The van der Waals surface area contributed by atoms with E-state index in [9.17, 15) is 4.79 Å². The SMILES string of the molecule is C=CCCCCCC(C)(C)C(=O)OCC. The number of hydrogen-bond acceptors (Lipinski definition) is 2. The summed E-state index contributed by atoms with van der Waals surface area (Å²) >= 11 is 0. The van der Waals surface area contributed by atoms with Gasteiger partial charge in [0, 0.05) is 0 Å². The fourth-order valence-corrected chi connectivity index (χ4v) is 1.46. The lowest BCUT2D eigenvalue weighted by atomic mass is 9.87. The van der Waals surface area contributed by atoms with Crippen LogP contribution in [0.4, 0.5) is 0 Å². The zero-order valence-corrected chi connectivity index (χ0v) is 10.3. The van der Waals surface area contributed by atoms with Gasteiger partial charge in [-0.05, 0) is 40.0 Å². The van der Waals surface area contributed by atoms with E-state index in [0.29, 0.717) is 6.61 Å². The molecule has 0 N–H and O–H groups in total. The first-order valence-electron chi connectivity index (χ1n) is 5.82. The summed E-state index contributed by atoms with van der Waals surface area (Å²) in [4.78, 5) is 11.5. The molecule has 0 aromatic rings. The number of carbonyl (C=O) groups is 1. The fourth-order valence-electron chi connectivity index (χ4n) is 1.46. The van der Waals surface area contributed by atoms with Crippen LogP contribution in [-0.2, 0) is 9.53 Å². The molecule has 0 atom stereocenters. The Balaban J connectivity index is 3.72. The number of hydrogen-bond donors (Lipinski definition) is 0. The van der Waals surface area contributed by atoms with Crippen molar-refractivity contribution < 1.29 is 9.53 Å². The first-order chi connectivity index (χ1) is 7.04. The van der Waals surface area contributed by atoms with Crippen molar-refractivity contribution in [2.75, 3.05) is 6.61 Å². The van der Waals surface area contributed by atoms with Gasteiger partial charge in [0.05, 0.1) is 12.0 Å². The van der Waals surface area contributed by atoms with Crippen LogP contribution in [0.5, 0.6) is 0 Å². The predicted octanol–water partition coefficient (Wildman–Crippen LogP) is 3.71. The molecule has 0 amide bonds. The maximum absolute atomic E-state index is 11.5. The lowest BCUT2D eigenvalue weighted by Crippen LogP contribution is -2.26. The average molecular weight is 212 g/mol.